The van der Waals surface area contributed by atoms with Gasteiger partial charge >= 0.3 is 0 Å². The van der Waals surface area contributed by atoms with Crippen molar-refractivity contribution in [3.63, 3.8) is 0 Å². The highest BCUT2D eigenvalue weighted by Gasteiger charge is 2.50. The van der Waals surface area contributed by atoms with Crippen LogP contribution < -0.4 is 5.32 Å². The first kappa shape index (κ1) is 17.2. The minimum absolute atomic E-state index is 0.0147. The van der Waals surface area contributed by atoms with E-state index in [0.717, 1.165) is 13.0 Å². The summed E-state index contributed by atoms with van der Waals surface area (Å²) in [5.74, 6) is -0.0147. The molecule has 0 aromatic rings. The van der Waals surface area contributed by atoms with Crippen molar-refractivity contribution in [3.8, 4) is 0 Å². The number of ether oxygens (including phenoxy) is 1. The maximum Gasteiger partial charge on any atom is 0.243 e. The van der Waals surface area contributed by atoms with Gasteiger partial charge in [0.2, 0.25) is 5.91 Å². The fourth-order valence-corrected chi connectivity index (χ4v) is 2.35. The van der Waals surface area contributed by atoms with Gasteiger partial charge in [0, 0.05) is 24.1 Å². The second-order valence-corrected chi connectivity index (χ2v) is 7.50. The van der Waals surface area contributed by atoms with Gasteiger partial charge in [0.25, 0.3) is 0 Å². The molecule has 116 valence electrons. The molecule has 1 aliphatic rings. The van der Waals surface area contributed by atoms with E-state index >= 15 is 0 Å². The van der Waals surface area contributed by atoms with Crippen LogP contribution in [0, 0.1) is 5.41 Å². The third kappa shape index (κ3) is 4.91. The van der Waals surface area contributed by atoms with Gasteiger partial charge in [-0.25, -0.2) is 0 Å². The normalized spacial score (nSPS) is 25.8. The third-order valence-corrected chi connectivity index (χ3v) is 3.73. The van der Waals surface area contributed by atoms with Crippen LogP contribution in [0.3, 0.4) is 0 Å². The van der Waals surface area contributed by atoms with Gasteiger partial charge < -0.3 is 15.0 Å². The summed E-state index contributed by atoms with van der Waals surface area (Å²) in [7, 11) is 3.96. The quantitative estimate of drug-likeness (QED) is 0.786. The van der Waals surface area contributed by atoms with Gasteiger partial charge in [0.05, 0.1) is 11.7 Å². The van der Waals surface area contributed by atoms with E-state index in [2.05, 4.69) is 39.9 Å². The van der Waals surface area contributed by atoms with Crippen LogP contribution in [0.25, 0.3) is 0 Å². The molecule has 0 aromatic heterocycles. The number of nitrogens with zero attached hydrogens (tertiary/aromatic N) is 1. The summed E-state index contributed by atoms with van der Waals surface area (Å²) in [6.45, 7) is 11.3. The van der Waals surface area contributed by atoms with Crippen molar-refractivity contribution in [2.24, 2.45) is 5.41 Å². The smallest absolute Gasteiger partial charge is 0.243 e. The lowest BCUT2D eigenvalue weighted by Gasteiger charge is -2.53. The zero-order valence-electron chi connectivity index (χ0n) is 14.0. The molecular weight excluding hydrogens is 252 g/mol. The van der Waals surface area contributed by atoms with Crippen molar-refractivity contribution in [2.45, 2.75) is 58.8 Å². The Morgan fingerprint density at radius 1 is 1.40 bits per heavy atom. The number of carbonyl (C=O) groups excluding carboxylic acids is 1. The number of amides is 1. The molecule has 1 fully saturated rings. The maximum atomic E-state index is 11.9. The van der Waals surface area contributed by atoms with Gasteiger partial charge in [-0.3, -0.25) is 4.79 Å². The summed E-state index contributed by atoms with van der Waals surface area (Å²) in [5.41, 5.74) is -0.152. The summed E-state index contributed by atoms with van der Waals surface area (Å²) in [6, 6.07) is 0.186. The SMILES string of the molecule is CN(C)C/C=C/C(=O)NC1CC(OC(C)(C)C)C1(C)C. The predicted octanol–water partition coefficient (Wildman–Crippen LogP) is 2.20. The van der Waals surface area contributed by atoms with Crippen LogP contribution in [0.5, 0.6) is 0 Å². The van der Waals surface area contributed by atoms with E-state index in [1.54, 1.807) is 6.08 Å². The first-order valence-corrected chi connectivity index (χ1v) is 7.32. The molecule has 0 heterocycles. The first-order chi connectivity index (χ1) is 9.02. The first-order valence-electron chi connectivity index (χ1n) is 7.32. The lowest BCUT2D eigenvalue weighted by Crippen LogP contribution is -2.63. The van der Waals surface area contributed by atoms with E-state index in [4.69, 9.17) is 4.74 Å². The van der Waals surface area contributed by atoms with Gasteiger partial charge in [-0.1, -0.05) is 19.9 Å². The number of carbonyl (C=O) groups is 1. The minimum Gasteiger partial charge on any atom is -0.372 e. The molecule has 2 atom stereocenters. The molecule has 1 aliphatic carbocycles. The fraction of sp³-hybridized carbons (Fsp3) is 0.812. The summed E-state index contributed by atoms with van der Waals surface area (Å²) < 4.78 is 6.04. The van der Waals surface area contributed by atoms with Crippen LogP contribution in [-0.4, -0.2) is 49.2 Å². The standard InChI is InChI=1S/C16H30N2O2/c1-15(2,3)20-13-11-12(16(13,4)5)17-14(19)9-8-10-18(6)7/h8-9,12-13H,10-11H2,1-7H3,(H,17,19)/b9-8+. The van der Waals surface area contributed by atoms with Crippen molar-refractivity contribution in [3.05, 3.63) is 12.2 Å². The van der Waals surface area contributed by atoms with Crippen molar-refractivity contribution in [2.75, 3.05) is 20.6 Å². The van der Waals surface area contributed by atoms with Crippen LogP contribution in [-0.2, 0) is 9.53 Å². The molecule has 20 heavy (non-hydrogen) atoms. The number of nitrogens with one attached hydrogen (secondary N) is 1. The molecule has 0 aliphatic heterocycles. The van der Waals surface area contributed by atoms with E-state index in [9.17, 15) is 4.79 Å². The molecule has 4 nitrogen and oxygen atoms in total. The second kappa shape index (κ2) is 6.27. The molecule has 4 heteroatoms. The van der Waals surface area contributed by atoms with Gasteiger partial charge in [0.1, 0.15) is 0 Å². The molecule has 0 aromatic carbocycles. The molecule has 1 amide bonds. The van der Waals surface area contributed by atoms with Gasteiger partial charge in [-0.05, 0) is 41.3 Å². The molecule has 1 rings (SSSR count). The van der Waals surface area contributed by atoms with Crippen LogP contribution >= 0.6 is 0 Å². The van der Waals surface area contributed by atoms with Crippen molar-refractivity contribution in [1.82, 2.24) is 10.2 Å². The molecule has 2 unspecified atom stereocenters. The molecular formula is C16H30N2O2. The molecule has 1 saturated carbocycles. The number of likely N-dealkylation sites (N-methyl/N-ethyl adjacent to an activating group) is 1. The molecule has 0 spiro atoms. The Morgan fingerprint density at radius 3 is 2.45 bits per heavy atom. The van der Waals surface area contributed by atoms with Crippen molar-refractivity contribution < 1.29 is 9.53 Å². The number of rotatable bonds is 5. The zero-order chi connectivity index (χ0) is 15.6. The average molecular weight is 282 g/mol. The van der Waals surface area contributed by atoms with Gasteiger partial charge in [-0.15, -0.1) is 0 Å². The van der Waals surface area contributed by atoms with E-state index in [-0.39, 0.29) is 29.1 Å². The topological polar surface area (TPSA) is 41.6 Å². The Hall–Kier alpha value is -0.870. The Bertz CT molecular complexity index is 367. The van der Waals surface area contributed by atoms with Crippen LogP contribution in [0.4, 0.5) is 0 Å². The highest BCUT2D eigenvalue weighted by atomic mass is 16.5. The van der Waals surface area contributed by atoms with E-state index in [1.807, 2.05) is 25.1 Å². The minimum atomic E-state index is -0.136. The monoisotopic (exact) mass is 282 g/mol. The summed E-state index contributed by atoms with van der Waals surface area (Å²) in [5, 5.41) is 3.07. The Kier molecular flexibility index (Phi) is 5.39. The molecule has 0 saturated heterocycles. The lowest BCUT2D eigenvalue weighted by molar-refractivity contribution is -0.174. The predicted molar refractivity (Wildman–Crippen MR) is 82.6 cm³/mol. The molecule has 0 radical (unpaired) electrons. The maximum absolute atomic E-state index is 11.9. The Labute approximate surface area is 123 Å². The molecule has 0 bridgehead atoms. The van der Waals surface area contributed by atoms with Crippen molar-refractivity contribution in [1.29, 1.82) is 0 Å². The summed E-state index contributed by atoms with van der Waals surface area (Å²) in [6.07, 6.45) is 4.59. The van der Waals surface area contributed by atoms with Gasteiger partial charge in [-0.2, -0.15) is 0 Å². The lowest BCUT2D eigenvalue weighted by atomic mass is 9.64. The van der Waals surface area contributed by atoms with Gasteiger partial charge in [0.15, 0.2) is 0 Å². The van der Waals surface area contributed by atoms with Crippen LogP contribution in [0.1, 0.15) is 41.0 Å². The summed E-state index contributed by atoms with van der Waals surface area (Å²) >= 11 is 0. The van der Waals surface area contributed by atoms with E-state index in [0.29, 0.717) is 0 Å². The second-order valence-electron chi connectivity index (χ2n) is 7.50. The average Bonchev–Trinajstić information content (AvgIpc) is 2.25. The number of hydrogen-bond donors (Lipinski definition) is 1. The largest absolute Gasteiger partial charge is 0.372 e. The fourth-order valence-electron chi connectivity index (χ4n) is 2.35. The summed E-state index contributed by atoms with van der Waals surface area (Å²) in [4.78, 5) is 13.9. The Morgan fingerprint density at radius 2 is 2.00 bits per heavy atom. The van der Waals surface area contributed by atoms with Crippen LogP contribution in [0.2, 0.25) is 0 Å². The Balaban J connectivity index is 2.44. The van der Waals surface area contributed by atoms with E-state index < -0.39 is 0 Å². The van der Waals surface area contributed by atoms with Crippen LogP contribution in [0.15, 0.2) is 12.2 Å². The highest BCUT2D eigenvalue weighted by Crippen LogP contribution is 2.44. The van der Waals surface area contributed by atoms with E-state index in [1.165, 1.54) is 0 Å². The third-order valence-electron chi connectivity index (χ3n) is 3.73. The zero-order valence-corrected chi connectivity index (χ0v) is 14.0. The number of hydrogen-bond acceptors (Lipinski definition) is 3. The molecule has 1 N–H and O–H groups in total. The van der Waals surface area contributed by atoms with Crippen molar-refractivity contribution >= 4 is 5.91 Å². The highest BCUT2D eigenvalue weighted by molar-refractivity contribution is 5.87.